The molecule has 0 saturated heterocycles. The van der Waals surface area contributed by atoms with E-state index in [1.807, 2.05) is 31.1 Å². The van der Waals surface area contributed by atoms with Crippen molar-refractivity contribution in [2.75, 3.05) is 65.9 Å². The molecule has 0 bridgehead atoms. The van der Waals surface area contributed by atoms with Crippen molar-refractivity contribution in [1.29, 1.82) is 0 Å². The van der Waals surface area contributed by atoms with Gasteiger partial charge in [-0.15, -0.1) is 0 Å². The number of ether oxygens (including phenoxy) is 1. The molecule has 0 radical (unpaired) electrons. The number of methoxy groups -OCH3 is 1. The molecule has 10 nitrogen and oxygen atoms in total. The van der Waals surface area contributed by atoms with Gasteiger partial charge in [0.1, 0.15) is 11.4 Å². The monoisotopic (exact) mass is 521 g/mol. The minimum absolute atomic E-state index is 0.0209. The first-order valence-corrected chi connectivity index (χ1v) is 12.5. The summed E-state index contributed by atoms with van der Waals surface area (Å²) < 4.78 is 5.15. The first kappa shape index (κ1) is 28.5. The number of anilines is 1. The molecule has 0 aliphatic heterocycles. The zero-order valence-corrected chi connectivity index (χ0v) is 22.3. The SMILES string of the molecule is CNC1=C(N(CCOC)C(=O)CNCCCNC(=O)c2ccc(N(C)C)cc2)C(=O)c2ccccc2C1=O. The lowest BCUT2D eigenvalue weighted by Crippen LogP contribution is -2.45. The summed E-state index contributed by atoms with van der Waals surface area (Å²) in [5.74, 6) is -1.26. The number of benzene rings is 2. The standard InChI is InChI=1S/C28H35N5O5/c1-29-24-25(27(36)22-9-6-5-8-21(22)26(24)35)33(16-17-38-4)23(34)18-30-14-7-15-31-28(37)19-10-12-20(13-11-19)32(2)3/h5-6,8-13,29-30H,7,14-18H2,1-4H3,(H,31,37). The Balaban J connectivity index is 1.57. The molecule has 3 N–H and O–H groups in total. The number of carbonyl (C=O) groups is 4. The van der Waals surface area contributed by atoms with E-state index in [2.05, 4.69) is 16.0 Å². The molecule has 3 rings (SSSR count). The van der Waals surface area contributed by atoms with Crippen LogP contribution in [0, 0.1) is 0 Å². The summed E-state index contributed by atoms with van der Waals surface area (Å²) in [6.07, 6.45) is 0.599. The lowest BCUT2D eigenvalue weighted by molar-refractivity contribution is -0.128. The Morgan fingerprint density at radius 2 is 1.58 bits per heavy atom. The van der Waals surface area contributed by atoms with Crippen LogP contribution in [0.5, 0.6) is 0 Å². The number of Topliss-reactive ketones (excluding diaryl/α,β-unsaturated/α-hetero) is 2. The second-order valence-electron chi connectivity index (χ2n) is 8.94. The van der Waals surface area contributed by atoms with E-state index in [1.165, 1.54) is 12.0 Å². The van der Waals surface area contributed by atoms with E-state index in [0.717, 1.165) is 5.69 Å². The van der Waals surface area contributed by atoms with Gasteiger partial charge in [-0.25, -0.2) is 0 Å². The zero-order valence-electron chi connectivity index (χ0n) is 22.3. The third-order valence-corrected chi connectivity index (χ3v) is 6.17. The lowest BCUT2D eigenvalue weighted by Gasteiger charge is -2.30. The molecule has 0 atom stereocenters. The van der Waals surface area contributed by atoms with Crippen LogP contribution < -0.4 is 20.9 Å². The fourth-order valence-corrected chi connectivity index (χ4v) is 4.11. The third kappa shape index (κ3) is 6.64. The predicted octanol–water partition coefficient (Wildman–Crippen LogP) is 1.45. The van der Waals surface area contributed by atoms with Crippen molar-refractivity contribution in [3.05, 3.63) is 76.6 Å². The lowest BCUT2D eigenvalue weighted by atomic mass is 9.89. The Morgan fingerprint density at radius 3 is 2.18 bits per heavy atom. The van der Waals surface area contributed by atoms with E-state index in [0.29, 0.717) is 30.6 Å². The van der Waals surface area contributed by atoms with E-state index < -0.39 is 5.78 Å². The van der Waals surface area contributed by atoms with Crippen LogP contribution in [-0.2, 0) is 9.53 Å². The number of ketones is 2. The molecule has 38 heavy (non-hydrogen) atoms. The average molecular weight is 522 g/mol. The molecule has 10 heteroatoms. The Morgan fingerprint density at radius 1 is 0.921 bits per heavy atom. The van der Waals surface area contributed by atoms with E-state index in [1.54, 1.807) is 43.4 Å². The molecule has 1 aliphatic rings. The molecular formula is C28H35N5O5. The highest BCUT2D eigenvalue weighted by Gasteiger charge is 2.36. The van der Waals surface area contributed by atoms with Crippen LogP contribution in [0.1, 0.15) is 37.5 Å². The van der Waals surface area contributed by atoms with E-state index in [-0.39, 0.29) is 54.3 Å². The minimum Gasteiger partial charge on any atom is -0.383 e. The van der Waals surface area contributed by atoms with Crippen LogP contribution in [0.25, 0.3) is 0 Å². The summed E-state index contributed by atoms with van der Waals surface area (Å²) in [6.45, 7) is 1.16. The molecule has 0 spiro atoms. The number of nitrogens with one attached hydrogen (secondary N) is 3. The molecule has 2 aromatic rings. The highest BCUT2D eigenvalue weighted by atomic mass is 16.5. The highest BCUT2D eigenvalue weighted by Crippen LogP contribution is 2.27. The topological polar surface area (TPSA) is 120 Å². The quantitative estimate of drug-likeness (QED) is 0.339. The number of carbonyl (C=O) groups excluding carboxylic acids is 4. The maximum absolute atomic E-state index is 13.3. The van der Waals surface area contributed by atoms with Gasteiger partial charge in [-0.05, 0) is 37.2 Å². The zero-order chi connectivity index (χ0) is 27.7. The Hall–Kier alpha value is -4.02. The van der Waals surface area contributed by atoms with Gasteiger partial charge in [-0.2, -0.15) is 0 Å². The van der Waals surface area contributed by atoms with Gasteiger partial charge in [0, 0.05) is 63.7 Å². The minimum atomic E-state index is -0.393. The number of rotatable bonds is 13. The molecule has 2 aromatic carbocycles. The smallest absolute Gasteiger partial charge is 0.251 e. The van der Waals surface area contributed by atoms with Gasteiger partial charge in [-0.3, -0.25) is 19.2 Å². The van der Waals surface area contributed by atoms with E-state index >= 15 is 0 Å². The van der Waals surface area contributed by atoms with Crippen LogP contribution in [0.2, 0.25) is 0 Å². The van der Waals surface area contributed by atoms with Crippen molar-refractivity contribution in [3.63, 3.8) is 0 Å². The largest absolute Gasteiger partial charge is 0.383 e. The summed E-state index contributed by atoms with van der Waals surface area (Å²) in [5, 5.41) is 8.75. The molecule has 0 heterocycles. The fraction of sp³-hybridized carbons (Fsp3) is 0.357. The normalized spacial score (nSPS) is 12.7. The summed E-state index contributed by atoms with van der Waals surface area (Å²) in [7, 11) is 6.93. The van der Waals surface area contributed by atoms with Crippen molar-refractivity contribution in [3.8, 4) is 0 Å². The molecule has 1 aliphatic carbocycles. The van der Waals surface area contributed by atoms with Crippen LogP contribution >= 0.6 is 0 Å². The maximum atomic E-state index is 13.3. The van der Waals surface area contributed by atoms with E-state index in [4.69, 9.17) is 4.74 Å². The predicted molar refractivity (Wildman–Crippen MR) is 145 cm³/mol. The second kappa shape index (κ2) is 13.5. The molecule has 202 valence electrons. The van der Waals surface area contributed by atoms with Crippen molar-refractivity contribution in [1.82, 2.24) is 20.9 Å². The van der Waals surface area contributed by atoms with Gasteiger partial charge in [0.05, 0.1) is 13.2 Å². The van der Waals surface area contributed by atoms with Gasteiger partial charge in [0.15, 0.2) is 0 Å². The van der Waals surface area contributed by atoms with Gasteiger partial charge >= 0.3 is 0 Å². The molecule has 2 amide bonds. The van der Waals surface area contributed by atoms with Crippen LogP contribution in [0.15, 0.2) is 59.9 Å². The number of hydrogen-bond acceptors (Lipinski definition) is 8. The molecule has 0 fully saturated rings. The molecule has 0 unspecified atom stereocenters. The number of fused-ring (bicyclic) bond motifs is 1. The summed E-state index contributed by atoms with van der Waals surface area (Å²) in [6, 6.07) is 13.9. The van der Waals surface area contributed by atoms with Gasteiger partial charge < -0.3 is 30.5 Å². The van der Waals surface area contributed by atoms with Crippen molar-refractivity contribution < 1.29 is 23.9 Å². The molecule has 0 saturated carbocycles. The number of amides is 2. The number of nitrogens with zero attached hydrogens (tertiary/aromatic N) is 2. The number of allylic oxidation sites excluding steroid dienone is 2. The Kier molecular flexibility index (Phi) is 10.1. The number of likely N-dealkylation sites (N-methyl/N-ethyl adjacent to an activating group) is 1. The van der Waals surface area contributed by atoms with Gasteiger partial charge in [-0.1, -0.05) is 24.3 Å². The fourth-order valence-electron chi connectivity index (χ4n) is 4.11. The summed E-state index contributed by atoms with van der Waals surface area (Å²) in [5.41, 5.74) is 2.26. The van der Waals surface area contributed by atoms with Crippen LogP contribution in [-0.4, -0.2) is 89.3 Å². The van der Waals surface area contributed by atoms with Crippen molar-refractivity contribution in [2.45, 2.75) is 6.42 Å². The van der Waals surface area contributed by atoms with Crippen molar-refractivity contribution in [2.24, 2.45) is 0 Å². The maximum Gasteiger partial charge on any atom is 0.251 e. The van der Waals surface area contributed by atoms with Crippen molar-refractivity contribution >= 4 is 29.1 Å². The Bertz CT molecular complexity index is 1210. The first-order chi connectivity index (χ1) is 18.3. The Labute approximate surface area is 223 Å². The molecule has 0 aromatic heterocycles. The third-order valence-electron chi connectivity index (χ3n) is 6.17. The van der Waals surface area contributed by atoms with Gasteiger partial charge in [0.2, 0.25) is 17.5 Å². The van der Waals surface area contributed by atoms with E-state index in [9.17, 15) is 19.2 Å². The second-order valence-corrected chi connectivity index (χ2v) is 8.94. The average Bonchev–Trinajstić information content (AvgIpc) is 2.93. The summed E-state index contributed by atoms with van der Waals surface area (Å²) in [4.78, 5) is 55.2. The first-order valence-electron chi connectivity index (χ1n) is 12.5. The number of hydrogen-bond donors (Lipinski definition) is 3. The van der Waals surface area contributed by atoms with Gasteiger partial charge in [0.25, 0.3) is 5.91 Å². The van der Waals surface area contributed by atoms with Crippen LogP contribution in [0.4, 0.5) is 5.69 Å². The molecular weight excluding hydrogens is 486 g/mol. The summed E-state index contributed by atoms with van der Waals surface area (Å²) >= 11 is 0. The van der Waals surface area contributed by atoms with Crippen LogP contribution in [0.3, 0.4) is 0 Å². The highest BCUT2D eigenvalue weighted by molar-refractivity contribution is 6.27.